The van der Waals surface area contributed by atoms with Crippen molar-refractivity contribution in [3.05, 3.63) is 178 Å². The van der Waals surface area contributed by atoms with Crippen molar-refractivity contribution in [3.8, 4) is 5.75 Å². The van der Waals surface area contributed by atoms with Gasteiger partial charge in [0.25, 0.3) is 17.5 Å². The number of methoxy groups -OCH3 is 1. The second kappa shape index (κ2) is 16.2. The number of hydrogen-bond donors (Lipinski definition) is 1. The maximum atomic E-state index is 15.5. The molecule has 1 unspecified atom stereocenters. The van der Waals surface area contributed by atoms with Gasteiger partial charge >= 0.3 is 0 Å². The Bertz CT molecular complexity index is 2970. The van der Waals surface area contributed by atoms with E-state index in [0.717, 1.165) is 38.5 Å². The van der Waals surface area contributed by atoms with Crippen LogP contribution in [0.15, 0.2) is 140 Å². The summed E-state index contributed by atoms with van der Waals surface area (Å²) in [5.41, 5.74) is 3.85. The molecule has 328 valence electrons. The molecule has 0 aliphatic carbocycles. The number of nitro groups is 1. The van der Waals surface area contributed by atoms with E-state index in [9.17, 15) is 20.0 Å². The lowest BCUT2D eigenvalue weighted by Gasteiger charge is -2.37. The van der Waals surface area contributed by atoms with Gasteiger partial charge in [-0.2, -0.15) is 0 Å². The lowest BCUT2D eigenvalue weighted by molar-refractivity contribution is -0.385. The first kappa shape index (κ1) is 42.0. The minimum absolute atomic E-state index is 0.0971. The van der Waals surface area contributed by atoms with E-state index in [0.29, 0.717) is 41.2 Å². The average Bonchev–Trinajstić information content (AvgIpc) is 4.05. The number of rotatable bonds is 13. The molecule has 0 radical (unpaired) electrons. The number of non-ortho nitro benzene ring substituents is 1. The zero-order valence-electron chi connectivity index (χ0n) is 36.5. The molecule has 2 amide bonds. The normalized spacial score (nSPS) is 20.5. The molecule has 1 spiro atoms. The Kier molecular flexibility index (Phi) is 10.5. The number of aliphatic hydroxyl groups is 1. The number of ether oxygens (including phenoxy) is 2. The van der Waals surface area contributed by atoms with Crippen LogP contribution in [0.5, 0.6) is 5.75 Å². The summed E-state index contributed by atoms with van der Waals surface area (Å²) in [6, 6.07) is 41.7. The number of hydrogen-bond acceptors (Lipinski definition) is 9. The molecule has 4 heterocycles. The molecule has 13 nitrogen and oxygen atoms in total. The molecule has 3 aliphatic heterocycles. The molecule has 14 heteroatoms. The van der Waals surface area contributed by atoms with Gasteiger partial charge in [0.2, 0.25) is 0 Å². The van der Waals surface area contributed by atoms with Crippen LogP contribution < -0.4 is 19.7 Å². The zero-order valence-corrected chi connectivity index (χ0v) is 37.5. The van der Waals surface area contributed by atoms with E-state index in [1.807, 2.05) is 109 Å². The van der Waals surface area contributed by atoms with Gasteiger partial charge in [0.15, 0.2) is 5.60 Å². The Labute approximate surface area is 377 Å². The van der Waals surface area contributed by atoms with Gasteiger partial charge in [0.1, 0.15) is 5.75 Å². The van der Waals surface area contributed by atoms with Crippen molar-refractivity contribution in [1.82, 2.24) is 15.0 Å². The summed E-state index contributed by atoms with van der Waals surface area (Å²) in [6.45, 7) is 7.12. The number of carbonyl (C=O) groups excluding carboxylic acids is 2. The summed E-state index contributed by atoms with van der Waals surface area (Å²) in [4.78, 5) is 44.6. The highest BCUT2D eigenvalue weighted by atomic mass is 28.3. The van der Waals surface area contributed by atoms with Gasteiger partial charge in [-0.15, -0.1) is 5.10 Å². The number of nitro benzene ring substituents is 1. The minimum Gasteiger partial charge on any atom is -0.497 e. The summed E-state index contributed by atoms with van der Waals surface area (Å²) >= 11 is 0. The molecule has 7 aromatic rings. The molecule has 1 fully saturated rings. The Morgan fingerprint density at radius 2 is 1.65 bits per heavy atom. The number of fused-ring (bicyclic) bond motifs is 2. The van der Waals surface area contributed by atoms with E-state index in [1.165, 1.54) is 12.1 Å². The van der Waals surface area contributed by atoms with Crippen molar-refractivity contribution in [2.75, 3.05) is 23.5 Å². The molecule has 10 rings (SSSR count). The van der Waals surface area contributed by atoms with Crippen molar-refractivity contribution in [2.45, 2.75) is 62.7 Å². The molecule has 1 N–H and O–H groups in total. The molecule has 1 aromatic heterocycles. The highest BCUT2D eigenvalue weighted by molar-refractivity contribution is 6.91. The van der Waals surface area contributed by atoms with Crippen molar-refractivity contribution in [1.29, 1.82) is 0 Å². The van der Waals surface area contributed by atoms with E-state index in [1.54, 1.807) is 27.7 Å². The third-order valence-electron chi connectivity index (χ3n) is 14.1. The number of amides is 2. The summed E-state index contributed by atoms with van der Waals surface area (Å²) in [7, 11) is -0.909. The number of anilines is 3. The number of nitrogens with zero attached hydrogens (tertiary/aromatic N) is 6. The Morgan fingerprint density at radius 3 is 2.35 bits per heavy atom. The smallest absolute Gasteiger partial charge is 0.269 e. The fourth-order valence-electron chi connectivity index (χ4n) is 10.8. The average molecular weight is 885 g/mol. The van der Waals surface area contributed by atoms with Crippen LogP contribution in [0.25, 0.3) is 10.8 Å². The van der Waals surface area contributed by atoms with Gasteiger partial charge in [0.05, 0.1) is 67.9 Å². The van der Waals surface area contributed by atoms with E-state index in [4.69, 9.17) is 9.47 Å². The number of carbonyl (C=O) groups is 2. The standard InChI is InChI=1S/C51H48N6O7Si/c1-32-48(65(3,4)39-23-21-38(63-2)22-24-39)46(26-27-54-30-43(52-53-54)41(31-58)34-10-6-5-7-11-34)64-51(32)42-28-37(57(61)62)20-25-44(42)55(50(51)60)29-33-16-18-36(19-17-33)56-45-15-9-13-35-12-8-14-40(47(35)45)49(56)59/h5-25,28,30,32,41,46,48,58H,26-27,29,31H2,1-4H3/t32-,41?,46+,48-,51+/m0/s1. The molecule has 65 heavy (non-hydrogen) atoms. The first-order valence-electron chi connectivity index (χ1n) is 21.9. The largest absolute Gasteiger partial charge is 0.497 e. The van der Waals surface area contributed by atoms with E-state index in [-0.39, 0.29) is 42.1 Å². The Hall–Kier alpha value is -7.00. The van der Waals surface area contributed by atoms with Crippen molar-refractivity contribution in [2.24, 2.45) is 5.92 Å². The lowest BCUT2D eigenvalue weighted by Crippen LogP contribution is -2.51. The van der Waals surface area contributed by atoms with Crippen LogP contribution in [-0.4, -0.2) is 64.7 Å². The van der Waals surface area contributed by atoms with Gasteiger partial charge in [-0.25, -0.2) is 0 Å². The first-order chi connectivity index (χ1) is 31.4. The van der Waals surface area contributed by atoms with Crippen molar-refractivity contribution in [3.63, 3.8) is 0 Å². The fraction of sp³-hybridized carbons (Fsp3) is 0.255. The number of aromatic nitrogens is 3. The van der Waals surface area contributed by atoms with Crippen molar-refractivity contribution < 1.29 is 29.1 Å². The Balaban J connectivity index is 0.993. The fourth-order valence-corrected chi connectivity index (χ4v) is 14.9. The predicted octanol–water partition coefficient (Wildman–Crippen LogP) is 8.62. The SMILES string of the molecule is COc1ccc([Si](C)(C)[C@@H]2[C@@H](CCn3cc(C(CO)c4ccccc4)nn3)O[C@]3(C(=O)N(Cc4ccc(N5C(=O)c6cccc7cccc5c67)cc4)c4ccc([N+](=O)[O-])cc43)[C@H]2C)cc1. The van der Waals surface area contributed by atoms with E-state index >= 15 is 4.79 Å². The van der Waals surface area contributed by atoms with Crippen LogP contribution in [0, 0.1) is 16.0 Å². The van der Waals surface area contributed by atoms with Gasteiger partial charge in [0, 0.05) is 47.4 Å². The van der Waals surface area contributed by atoms with Gasteiger partial charge < -0.3 is 19.5 Å². The monoisotopic (exact) mass is 884 g/mol. The molecule has 5 atom stereocenters. The maximum Gasteiger partial charge on any atom is 0.269 e. The highest BCUT2D eigenvalue weighted by Gasteiger charge is 2.66. The number of benzene rings is 6. The van der Waals surface area contributed by atoms with Crippen LogP contribution >= 0.6 is 0 Å². The first-order valence-corrected chi connectivity index (χ1v) is 25.0. The summed E-state index contributed by atoms with van der Waals surface area (Å²) in [5, 5.41) is 34.8. The molecule has 0 saturated carbocycles. The molecular weight excluding hydrogens is 837 g/mol. The van der Waals surface area contributed by atoms with Crippen LogP contribution in [0.1, 0.15) is 52.0 Å². The molecule has 1 saturated heterocycles. The third kappa shape index (κ3) is 6.82. The van der Waals surface area contributed by atoms with Crippen LogP contribution in [0.2, 0.25) is 18.6 Å². The molecule has 3 aliphatic rings. The number of aliphatic hydroxyl groups excluding tert-OH is 1. The third-order valence-corrected chi connectivity index (χ3v) is 18.4. The van der Waals surface area contributed by atoms with Gasteiger partial charge in [-0.3, -0.25) is 29.3 Å². The quantitative estimate of drug-likeness (QED) is 0.0682. The predicted molar refractivity (Wildman–Crippen MR) is 251 cm³/mol. The van der Waals surface area contributed by atoms with Crippen LogP contribution in [0.4, 0.5) is 22.7 Å². The zero-order chi connectivity index (χ0) is 45.2. The topological polar surface area (TPSA) is 153 Å². The highest BCUT2D eigenvalue weighted by Crippen LogP contribution is 2.60. The molecular formula is C51H48N6O7Si. The Morgan fingerprint density at radius 1 is 0.908 bits per heavy atom. The van der Waals surface area contributed by atoms with Gasteiger partial charge in [-0.1, -0.05) is 109 Å². The van der Waals surface area contributed by atoms with Gasteiger partial charge in [-0.05, 0) is 70.9 Å². The second-order valence-electron chi connectivity index (χ2n) is 17.8. The second-order valence-corrected chi connectivity index (χ2v) is 22.5. The van der Waals surface area contributed by atoms with E-state index < -0.39 is 30.6 Å². The summed E-state index contributed by atoms with van der Waals surface area (Å²) < 4.78 is 14.6. The number of aryl methyl sites for hydroxylation is 1. The molecule has 6 aromatic carbocycles. The van der Waals surface area contributed by atoms with E-state index in [2.05, 4.69) is 42.5 Å². The summed E-state index contributed by atoms with van der Waals surface area (Å²) in [5.74, 6) is -0.368. The van der Waals surface area contributed by atoms with Crippen molar-refractivity contribution >= 4 is 58.6 Å². The molecule has 0 bridgehead atoms. The van der Waals surface area contributed by atoms with Crippen LogP contribution in [-0.2, 0) is 28.2 Å². The lowest BCUT2D eigenvalue weighted by atomic mass is 9.82. The minimum atomic E-state index is -2.55. The maximum absolute atomic E-state index is 15.5. The summed E-state index contributed by atoms with van der Waals surface area (Å²) in [6.07, 6.45) is 1.88. The van der Waals surface area contributed by atoms with Crippen LogP contribution in [0.3, 0.4) is 0 Å².